The zero-order valence-electron chi connectivity index (χ0n) is 16.4. The first-order valence-corrected chi connectivity index (χ1v) is 11.2. The fourth-order valence-electron chi connectivity index (χ4n) is 6.80. The third-order valence-electron chi connectivity index (χ3n) is 8.56. The Hall–Kier alpha value is -1.14. The average Bonchev–Trinajstić information content (AvgIpc) is 3.56. The number of carboxylic acid groups (broad SMARTS) is 2. The van der Waals surface area contributed by atoms with Crippen molar-refractivity contribution in [3.63, 3.8) is 0 Å². The molecule has 5 rings (SSSR count). The normalized spacial score (nSPS) is 49.6. The quantitative estimate of drug-likeness (QED) is 0.672. The van der Waals surface area contributed by atoms with Crippen molar-refractivity contribution in [3.05, 3.63) is 0 Å². The fourth-order valence-corrected chi connectivity index (χ4v) is 6.80. The van der Waals surface area contributed by atoms with E-state index in [9.17, 15) is 19.8 Å². The molecule has 28 heavy (non-hydrogen) atoms. The van der Waals surface area contributed by atoms with E-state index in [4.69, 9.17) is 9.47 Å². The minimum absolute atomic E-state index is 0.0435. The lowest BCUT2D eigenvalue weighted by molar-refractivity contribution is -0.163. The first-order valence-electron chi connectivity index (χ1n) is 11.2. The molecule has 3 saturated carbocycles. The summed E-state index contributed by atoms with van der Waals surface area (Å²) in [5, 5.41) is 20.0. The maximum Gasteiger partial charge on any atom is 0.309 e. The molecule has 2 aliphatic heterocycles. The molecule has 2 saturated heterocycles. The van der Waals surface area contributed by atoms with Gasteiger partial charge in [0, 0.05) is 0 Å². The van der Waals surface area contributed by atoms with Crippen molar-refractivity contribution in [2.24, 2.45) is 29.1 Å². The number of rotatable bonds is 6. The summed E-state index contributed by atoms with van der Waals surface area (Å²) in [5.41, 5.74) is -0.764. The lowest BCUT2D eigenvalue weighted by Crippen LogP contribution is -2.47. The van der Waals surface area contributed by atoms with Crippen molar-refractivity contribution in [1.82, 2.24) is 0 Å². The van der Waals surface area contributed by atoms with Crippen LogP contribution in [0.1, 0.15) is 70.6 Å². The topological polar surface area (TPSA) is 99.7 Å². The average molecular weight is 392 g/mol. The number of carboxylic acids is 2. The van der Waals surface area contributed by atoms with Crippen molar-refractivity contribution in [1.29, 1.82) is 0 Å². The van der Waals surface area contributed by atoms with Gasteiger partial charge in [-0.3, -0.25) is 9.59 Å². The molecule has 0 aromatic heterocycles. The molecule has 0 aromatic carbocycles. The number of epoxide rings is 2. The van der Waals surface area contributed by atoms with Gasteiger partial charge in [-0.05, 0) is 88.4 Å². The molecular weight excluding hydrogens is 360 g/mol. The second kappa shape index (κ2) is 6.98. The zero-order chi connectivity index (χ0) is 19.5. The Morgan fingerprint density at radius 1 is 0.821 bits per heavy atom. The number of hydrogen-bond donors (Lipinski definition) is 2. The third kappa shape index (κ3) is 3.47. The van der Waals surface area contributed by atoms with Crippen LogP contribution in [0.5, 0.6) is 0 Å². The van der Waals surface area contributed by atoms with Crippen molar-refractivity contribution in [2.45, 2.75) is 95.0 Å². The van der Waals surface area contributed by atoms with Crippen LogP contribution in [-0.2, 0) is 19.1 Å². The minimum atomic E-state index is -0.764. The van der Waals surface area contributed by atoms with Gasteiger partial charge in [-0.25, -0.2) is 0 Å². The molecule has 0 amide bonds. The summed E-state index contributed by atoms with van der Waals surface area (Å²) in [4.78, 5) is 24.3. The molecule has 0 radical (unpaired) electrons. The summed E-state index contributed by atoms with van der Waals surface area (Å²) in [7, 11) is 0. The molecule has 3 aliphatic carbocycles. The molecule has 6 heteroatoms. The molecule has 5 aliphatic rings. The van der Waals surface area contributed by atoms with Crippen LogP contribution in [0.4, 0.5) is 0 Å². The molecule has 5 fully saturated rings. The number of carbonyl (C=O) groups is 2. The lowest BCUT2D eigenvalue weighted by Gasteiger charge is -2.46. The highest BCUT2D eigenvalue weighted by molar-refractivity contribution is 5.76. The highest BCUT2D eigenvalue weighted by Gasteiger charge is 2.54. The van der Waals surface area contributed by atoms with Crippen molar-refractivity contribution >= 4 is 11.9 Å². The van der Waals surface area contributed by atoms with Gasteiger partial charge in [-0.1, -0.05) is 0 Å². The van der Waals surface area contributed by atoms with Gasteiger partial charge in [0.2, 0.25) is 0 Å². The zero-order valence-corrected chi connectivity index (χ0v) is 16.4. The van der Waals surface area contributed by atoms with E-state index in [2.05, 4.69) is 0 Å². The van der Waals surface area contributed by atoms with Gasteiger partial charge in [0.05, 0.1) is 35.7 Å². The molecule has 9 atom stereocenters. The standard InChI is InChI=1S/C22H32O6/c23-20(24)14-5-6-22(21(25)26,11-13-2-4-17-19(9-13)28-17)15(10-14)7-12-1-3-16-18(8-12)27-16/h12-19H,1-11H2,(H,23,24)(H,25,26). The molecule has 9 unspecified atom stereocenters. The molecular formula is C22H32O6. The Bertz CT molecular complexity index is 649. The summed E-state index contributed by atoms with van der Waals surface area (Å²) in [6, 6.07) is 0. The van der Waals surface area contributed by atoms with Crippen LogP contribution >= 0.6 is 0 Å². The molecule has 6 nitrogen and oxygen atoms in total. The van der Waals surface area contributed by atoms with E-state index in [0.29, 0.717) is 61.9 Å². The first kappa shape index (κ1) is 18.9. The van der Waals surface area contributed by atoms with Crippen LogP contribution in [0.3, 0.4) is 0 Å². The molecule has 2 heterocycles. The van der Waals surface area contributed by atoms with E-state index in [0.717, 1.165) is 44.9 Å². The lowest BCUT2D eigenvalue weighted by atomic mass is 9.56. The summed E-state index contributed by atoms with van der Waals surface area (Å²) in [6.45, 7) is 0. The maximum absolute atomic E-state index is 12.6. The number of aliphatic carboxylic acids is 2. The Morgan fingerprint density at radius 3 is 2.07 bits per heavy atom. The van der Waals surface area contributed by atoms with E-state index in [-0.39, 0.29) is 5.92 Å². The Morgan fingerprint density at radius 2 is 1.46 bits per heavy atom. The smallest absolute Gasteiger partial charge is 0.309 e. The van der Waals surface area contributed by atoms with E-state index in [1.165, 1.54) is 0 Å². The van der Waals surface area contributed by atoms with Gasteiger partial charge in [0.25, 0.3) is 0 Å². The van der Waals surface area contributed by atoms with Gasteiger partial charge in [0.1, 0.15) is 0 Å². The number of ether oxygens (including phenoxy) is 2. The van der Waals surface area contributed by atoms with E-state index in [1.807, 2.05) is 0 Å². The van der Waals surface area contributed by atoms with Crippen LogP contribution < -0.4 is 0 Å². The van der Waals surface area contributed by atoms with Crippen LogP contribution in [0.15, 0.2) is 0 Å². The molecule has 0 spiro atoms. The largest absolute Gasteiger partial charge is 0.481 e. The summed E-state index contributed by atoms with van der Waals surface area (Å²) < 4.78 is 11.3. The molecule has 2 N–H and O–H groups in total. The summed E-state index contributed by atoms with van der Waals surface area (Å²) in [5.74, 6) is -1.03. The first-order chi connectivity index (χ1) is 13.4. The minimum Gasteiger partial charge on any atom is -0.481 e. The van der Waals surface area contributed by atoms with E-state index in [1.54, 1.807) is 0 Å². The van der Waals surface area contributed by atoms with Gasteiger partial charge >= 0.3 is 11.9 Å². The second-order valence-corrected chi connectivity index (χ2v) is 10.2. The van der Waals surface area contributed by atoms with Crippen molar-refractivity contribution in [3.8, 4) is 0 Å². The predicted octanol–water partition coefficient (Wildman–Crippen LogP) is 3.47. The predicted molar refractivity (Wildman–Crippen MR) is 99.8 cm³/mol. The Labute approximate surface area is 166 Å². The summed E-state index contributed by atoms with van der Waals surface area (Å²) in [6.07, 6.45) is 10.9. The number of hydrogen-bond acceptors (Lipinski definition) is 4. The summed E-state index contributed by atoms with van der Waals surface area (Å²) >= 11 is 0. The van der Waals surface area contributed by atoms with Crippen molar-refractivity contribution < 1.29 is 29.3 Å². The van der Waals surface area contributed by atoms with Gasteiger partial charge in [-0.15, -0.1) is 0 Å². The van der Waals surface area contributed by atoms with Crippen molar-refractivity contribution in [2.75, 3.05) is 0 Å². The highest BCUT2D eigenvalue weighted by atomic mass is 16.6. The van der Waals surface area contributed by atoms with Gasteiger partial charge in [-0.2, -0.15) is 0 Å². The maximum atomic E-state index is 12.6. The van der Waals surface area contributed by atoms with E-state index < -0.39 is 23.3 Å². The Kier molecular flexibility index (Phi) is 4.70. The SMILES string of the molecule is O=C(O)C1CCC(CC2CCC3OC3C2)(C(=O)O)C(CC2CCC3OC3C2)C1. The fraction of sp³-hybridized carbons (Fsp3) is 0.909. The van der Waals surface area contributed by atoms with Gasteiger partial charge in [0.15, 0.2) is 0 Å². The molecule has 156 valence electrons. The second-order valence-electron chi connectivity index (χ2n) is 10.2. The number of fused-ring (bicyclic) bond motifs is 2. The molecule has 0 aromatic rings. The molecule has 0 bridgehead atoms. The van der Waals surface area contributed by atoms with E-state index >= 15 is 0 Å². The van der Waals surface area contributed by atoms with Crippen LogP contribution in [0.2, 0.25) is 0 Å². The van der Waals surface area contributed by atoms with Crippen LogP contribution in [0.25, 0.3) is 0 Å². The van der Waals surface area contributed by atoms with Gasteiger partial charge < -0.3 is 19.7 Å². The highest BCUT2D eigenvalue weighted by Crippen LogP contribution is 2.55. The van der Waals surface area contributed by atoms with Crippen LogP contribution in [0, 0.1) is 29.1 Å². The van der Waals surface area contributed by atoms with Crippen LogP contribution in [-0.4, -0.2) is 46.6 Å². The third-order valence-corrected chi connectivity index (χ3v) is 8.56. The Balaban J connectivity index is 1.34. The monoisotopic (exact) mass is 392 g/mol.